The van der Waals surface area contributed by atoms with E-state index in [1.54, 1.807) is 35.2 Å². The van der Waals surface area contributed by atoms with E-state index in [0.717, 1.165) is 19.3 Å². The van der Waals surface area contributed by atoms with Crippen LogP contribution in [-0.4, -0.2) is 58.6 Å². The molecule has 1 saturated heterocycles. The van der Waals surface area contributed by atoms with Crippen molar-refractivity contribution in [1.82, 2.24) is 14.8 Å². The summed E-state index contributed by atoms with van der Waals surface area (Å²) in [5.74, 6) is -0.201. The van der Waals surface area contributed by atoms with Gasteiger partial charge in [-0.3, -0.25) is 4.79 Å². The second kappa shape index (κ2) is 8.04. The molecule has 1 aromatic rings. The first-order chi connectivity index (χ1) is 11.7. The van der Waals surface area contributed by atoms with Gasteiger partial charge in [0.05, 0.1) is 11.6 Å². The monoisotopic (exact) mass is 367 g/mol. The van der Waals surface area contributed by atoms with Crippen molar-refractivity contribution in [3.05, 3.63) is 29.0 Å². The molecule has 0 aromatic carbocycles. The number of ether oxygens (including phenoxy) is 1. The third kappa shape index (κ3) is 5.33. The lowest BCUT2D eigenvalue weighted by molar-refractivity contribution is 0.00604. The third-order valence-corrected chi connectivity index (χ3v) is 4.38. The second-order valence-electron chi connectivity index (χ2n) is 7.35. The van der Waals surface area contributed by atoms with E-state index < -0.39 is 5.60 Å². The summed E-state index contributed by atoms with van der Waals surface area (Å²) in [4.78, 5) is 32.4. The Balaban J connectivity index is 2.06. The van der Waals surface area contributed by atoms with Crippen molar-refractivity contribution in [3.63, 3.8) is 0 Å². The lowest BCUT2D eigenvalue weighted by Crippen LogP contribution is -2.51. The first kappa shape index (κ1) is 19.5. The molecule has 0 aliphatic carbocycles. The molecule has 2 amide bonds. The average Bonchev–Trinajstić information content (AvgIpc) is 2.53. The van der Waals surface area contributed by atoms with Crippen LogP contribution in [0.4, 0.5) is 4.79 Å². The van der Waals surface area contributed by atoms with Crippen LogP contribution in [-0.2, 0) is 4.74 Å². The van der Waals surface area contributed by atoms with Crippen LogP contribution in [0.3, 0.4) is 0 Å². The van der Waals surface area contributed by atoms with Crippen molar-refractivity contribution in [2.24, 2.45) is 0 Å². The maximum atomic E-state index is 12.6. The summed E-state index contributed by atoms with van der Waals surface area (Å²) in [5.41, 5.74) is -0.171. The fourth-order valence-corrected chi connectivity index (χ4v) is 3.10. The number of piperidine rings is 1. The molecule has 1 atom stereocenters. The number of likely N-dealkylation sites (tertiary alicyclic amines) is 1. The lowest BCUT2D eigenvalue weighted by Gasteiger charge is -2.38. The van der Waals surface area contributed by atoms with E-state index in [2.05, 4.69) is 4.98 Å². The number of hydrogen-bond acceptors (Lipinski definition) is 4. The number of hydrogen-bond donors (Lipinski definition) is 0. The standard InChI is InChI=1S/C18H26ClN3O3/c1-18(2,3)25-17(24)22-11-6-5-8-13(22)12-21(4)16(23)14-9-7-10-20-15(14)19/h7,9-10,13H,5-6,8,11-12H2,1-4H3/t13-/m0/s1. The molecule has 7 heteroatoms. The predicted molar refractivity (Wildman–Crippen MR) is 96.8 cm³/mol. The summed E-state index contributed by atoms with van der Waals surface area (Å²) in [7, 11) is 1.72. The molecular formula is C18H26ClN3O3. The molecule has 1 fully saturated rings. The normalized spacial score (nSPS) is 18.0. The lowest BCUT2D eigenvalue weighted by atomic mass is 10.0. The summed E-state index contributed by atoms with van der Waals surface area (Å²) >= 11 is 6.01. The van der Waals surface area contributed by atoms with E-state index in [1.165, 1.54) is 0 Å². The van der Waals surface area contributed by atoms with Crippen LogP contribution >= 0.6 is 11.6 Å². The Hall–Kier alpha value is -1.82. The molecule has 25 heavy (non-hydrogen) atoms. The topological polar surface area (TPSA) is 62.7 Å². The molecule has 0 radical (unpaired) electrons. The molecule has 138 valence electrons. The van der Waals surface area contributed by atoms with Gasteiger partial charge in [0.25, 0.3) is 5.91 Å². The Morgan fingerprint density at radius 2 is 2.12 bits per heavy atom. The zero-order valence-electron chi connectivity index (χ0n) is 15.3. The first-order valence-electron chi connectivity index (χ1n) is 8.54. The summed E-state index contributed by atoms with van der Waals surface area (Å²) in [6, 6.07) is 3.27. The Bertz CT molecular complexity index is 630. The zero-order chi connectivity index (χ0) is 18.6. The van der Waals surface area contributed by atoms with Crippen molar-refractivity contribution in [1.29, 1.82) is 0 Å². The number of carbonyl (C=O) groups excluding carboxylic acids is 2. The molecule has 2 rings (SSSR count). The molecule has 6 nitrogen and oxygen atoms in total. The van der Waals surface area contributed by atoms with Crippen molar-refractivity contribution < 1.29 is 14.3 Å². The molecular weight excluding hydrogens is 342 g/mol. The molecule has 1 aliphatic heterocycles. The van der Waals surface area contributed by atoms with Gasteiger partial charge in [0, 0.05) is 26.3 Å². The fraction of sp³-hybridized carbons (Fsp3) is 0.611. The SMILES string of the molecule is CN(C[C@@H]1CCCCN1C(=O)OC(C)(C)C)C(=O)c1cccnc1Cl. The largest absolute Gasteiger partial charge is 0.444 e. The van der Waals surface area contributed by atoms with E-state index >= 15 is 0 Å². The van der Waals surface area contributed by atoms with Gasteiger partial charge in [-0.25, -0.2) is 9.78 Å². The Morgan fingerprint density at radius 3 is 2.76 bits per heavy atom. The van der Waals surface area contributed by atoms with E-state index in [1.807, 2.05) is 20.8 Å². The van der Waals surface area contributed by atoms with Crippen LogP contribution in [0.5, 0.6) is 0 Å². The van der Waals surface area contributed by atoms with Crippen LogP contribution in [0, 0.1) is 0 Å². The van der Waals surface area contributed by atoms with Gasteiger partial charge in [0.1, 0.15) is 10.8 Å². The van der Waals surface area contributed by atoms with Crippen molar-refractivity contribution >= 4 is 23.6 Å². The van der Waals surface area contributed by atoms with E-state index in [0.29, 0.717) is 18.7 Å². The highest BCUT2D eigenvalue weighted by Gasteiger charge is 2.32. The van der Waals surface area contributed by atoms with Crippen LogP contribution in [0.1, 0.15) is 50.4 Å². The van der Waals surface area contributed by atoms with Gasteiger partial charge in [0.2, 0.25) is 0 Å². The molecule has 0 bridgehead atoms. The van der Waals surface area contributed by atoms with E-state index in [4.69, 9.17) is 16.3 Å². The molecule has 0 saturated carbocycles. The number of rotatable bonds is 3. The Morgan fingerprint density at radius 1 is 1.40 bits per heavy atom. The molecule has 0 N–H and O–H groups in total. The fourth-order valence-electron chi connectivity index (χ4n) is 2.90. The number of pyridine rings is 1. The third-order valence-electron chi connectivity index (χ3n) is 4.08. The van der Waals surface area contributed by atoms with Crippen LogP contribution in [0.2, 0.25) is 5.15 Å². The molecule has 1 aliphatic rings. The van der Waals surface area contributed by atoms with Crippen LogP contribution in [0.25, 0.3) is 0 Å². The second-order valence-corrected chi connectivity index (χ2v) is 7.71. The highest BCUT2D eigenvalue weighted by molar-refractivity contribution is 6.32. The summed E-state index contributed by atoms with van der Waals surface area (Å²) in [5, 5.41) is 0.187. The summed E-state index contributed by atoms with van der Waals surface area (Å²) in [6.45, 7) is 6.64. The number of nitrogens with zero attached hydrogens (tertiary/aromatic N) is 3. The average molecular weight is 368 g/mol. The van der Waals surface area contributed by atoms with Crippen molar-refractivity contribution in [3.8, 4) is 0 Å². The number of likely N-dealkylation sites (N-methyl/N-ethyl adjacent to an activating group) is 1. The van der Waals surface area contributed by atoms with Gasteiger partial charge in [-0.2, -0.15) is 0 Å². The highest BCUT2D eigenvalue weighted by atomic mass is 35.5. The van der Waals surface area contributed by atoms with E-state index in [9.17, 15) is 9.59 Å². The van der Waals surface area contributed by atoms with Crippen molar-refractivity contribution in [2.45, 2.75) is 51.7 Å². The number of aromatic nitrogens is 1. The van der Waals surface area contributed by atoms with Gasteiger partial charge < -0.3 is 14.5 Å². The van der Waals surface area contributed by atoms with Gasteiger partial charge >= 0.3 is 6.09 Å². The van der Waals surface area contributed by atoms with Gasteiger partial charge in [-0.15, -0.1) is 0 Å². The van der Waals surface area contributed by atoms with Crippen LogP contribution < -0.4 is 0 Å². The Labute approximate surface area is 154 Å². The van der Waals surface area contributed by atoms with E-state index in [-0.39, 0.29) is 23.2 Å². The summed E-state index contributed by atoms with van der Waals surface area (Å²) < 4.78 is 5.51. The maximum absolute atomic E-state index is 12.6. The first-order valence-corrected chi connectivity index (χ1v) is 8.92. The number of amides is 2. The predicted octanol–water partition coefficient (Wildman–Crippen LogP) is 3.60. The minimum absolute atomic E-state index is 0.0620. The quantitative estimate of drug-likeness (QED) is 0.766. The number of halogens is 1. The maximum Gasteiger partial charge on any atom is 0.410 e. The zero-order valence-corrected chi connectivity index (χ0v) is 16.0. The van der Waals surface area contributed by atoms with Gasteiger partial charge in [-0.1, -0.05) is 11.6 Å². The van der Waals surface area contributed by atoms with Crippen molar-refractivity contribution in [2.75, 3.05) is 20.1 Å². The minimum atomic E-state index is -0.538. The molecule has 0 unspecified atom stereocenters. The highest BCUT2D eigenvalue weighted by Crippen LogP contribution is 2.22. The number of carbonyl (C=O) groups is 2. The van der Waals surface area contributed by atoms with Gasteiger partial charge in [-0.05, 0) is 52.2 Å². The van der Waals surface area contributed by atoms with Crippen LogP contribution in [0.15, 0.2) is 18.3 Å². The molecule has 0 spiro atoms. The molecule has 1 aromatic heterocycles. The molecule has 2 heterocycles. The minimum Gasteiger partial charge on any atom is -0.444 e. The Kier molecular flexibility index (Phi) is 6.27. The van der Waals surface area contributed by atoms with Gasteiger partial charge in [0.15, 0.2) is 0 Å². The smallest absolute Gasteiger partial charge is 0.410 e. The summed E-state index contributed by atoms with van der Waals surface area (Å²) in [6.07, 6.45) is 4.04.